The molecule has 1 N–H and O–H groups in total. The molecule has 0 aliphatic carbocycles. The number of rotatable bonds is 5. The predicted octanol–water partition coefficient (Wildman–Crippen LogP) is 7.61. The van der Waals surface area contributed by atoms with Gasteiger partial charge in [-0.3, -0.25) is 0 Å². The number of phenolic OH excluding ortho intramolecular Hbond substituents is 1. The van der Waals surface area contributed by atoms with Gasteiger partial charge in [0.2, 0.25) is 0 Å². The maximum atomic E-state index is 11.9. The van der Waals surface area contributed by atoms with E-state index in [9.17, 15) is 16.8 Å². The van der Waals surface area contributed by atoms with Crippen molar-refractivity contribution in [3.05, 3.63) is 51.0 Å². The van der Waals surface area contributed by atoms with Crippen molar-refractivity contribution in [1.82, 2.24) is 0 Å². The molecule has 32 heavy (non-hydrogen) atoms. The standard InChI is InChI=1S/C15H23ClO2S.C6H3Cl3O3S/c1-9(2)12-7-13(10(3)4)15(19(16,17)18)14(8-12)11(5)6;7-4-1-3(13(9,11)12)2-5(8)6(4)10/h7-11H,1-6H3;1-2,10H. The van der Waals surface area contributed by atoms with Gasteiger partial charge in [-0.2, -0.15) is 0 Å². The smallest absolute Gasteiger partial charge is 0.261 e. The van der Waals surface area contributed by atoms with Crippen molar-refractivity contribution in [3.63, 3.8) is 0 Å². The minimum atomic E-state index is -3.87. The molecular formula is C21H26Cl4O5S2. The lowest BCUT2D eigenvalue weighted by molar-refractivity contribution is 0.475. The summed E-state index contributed by atoms with van der Waals surface area (Å²) in [5.41, 5.74) is 2.81. The molecule has 2 aromatic carbocycles. The topological polar surface area (TPSA) is 88.5 Å². The third kappa shape index (κ3) is 7.67. The fourth-order valence-electron chi connectivity index (χ4n) is 2.85. The van der Waals surface area contributed by atoms with Crippen LogP contribution in [0.1, 0.15) is 76.0 Å². The molecule has 0 radical (unpaired) electrons. The van der Waals surface area contributed by atoms with Gasteiger partial charge in [-0.25, -0.2) is 16.8 Å². The molecule has 2 aromatic rings. The van der Waals surface area contributed by atoms with Crippen molar-refractivity contribution in [2.24, 2.45) is 0 Å². The van der Waals surface area contributed by atoms with E-state index in [4.69, 9.17) is 49.7 Å². The van der Waals surface area contributed by atoms with Crippen molar-refractivity contribution in [2.75, 3.05) is 0 Å². The number of aromatic hydroxyl groups is 1. The van der Waals surface area contributed by atoms with Gasteiger partial charge >= 0.3 is 0 Å². The van der Waals surface area contributed by atoms with Crippen LogP contribution in [0.3, 0.4) is 0 Å². The largest absolute Gasteiger partial charge is 0.505 e. The van der Waals surface area contributed by atoms with E-state index in [1.807, 2.05) is 39.8 Å². The Hall–Kier alpha value is -0.700. The van der Waals surface area contributed by atoms with Gasteiger partial charge in [-0.1, -0.05) is 76.9 Å². The highest BCUT2D eigenvalue weighted by atomic mass is 35.7. The van der Waals surface area contributed by atoms with E-state index in [1.165, 1.54) is 0 Å². The normalized spacial score (nSPS) is 12.3. The van der Waals surface area contributed by atoms with Crippen LogP contribution in [0.2, 0.25) is 10.0 Å². The van der Waals surface area contributed by atoms with Crippen LogP contribution < -0.4 is 0 Å². The number of halogens is 4. The van der Waals surface area contributed by atoms with Crippen molar-refractivity contribution in [1.29, 1.82) is 0 Å². The zero-order chi connectivity index (χ0) is 25.2. The summed E-state index contributed by atoms with van der Waals surface area (Å²) in [4.78, 5) is 0.0607. The van der Waals surface area contributed by atoms with E-state index in [-0.39, 0.29) is 32.5 Å². The molecule has 0 saturated heterocycles. The summed E-state index contributed by atoms with van der Waals surface area (Å²) in [7, 11) is 3.09. The van der Waals surface area contributed by atoms with Gasteiger partial charge in [0.1, 0.15) is 0 Å². The molecule has 180 valence electrons. The Bertz CT molecular complexity index is 1140. The third-order valence-electron chi connectivity index (χ3n) is 4.60. The Kier molecular flexibility index (Phi) is 10.2. The second-order valence-electron chi connectivity index (χ2n) is 8.10. The highest BCUT2D eigenvalue weighted by Crippen LogP contribution is 2.37. The summed E-state index contributed by atoms with van der Waals surface area (Å²) in [6.07, 6.45) is 0. The second-order valence-corrected chi connectivity index (χ2v) is 14.0. The molecule has 0 aliphatic heterocycles. The summed E-state index contributed by atoms with van der Waals surface area (Å²) in [5, 5.41) is 8.77. The molecule has 0 aliphatic rings. The average Bonchev–Trinajstić information content (AvgIpc) is 2.63. The monoisotopic (exact) mass is 562 g/mol. The van der Waals surface area contributed by atoms with Crippen LogP contribution in [0.5, 0.6) is 5.75 Å². The summed E-state index contributed by atoms with van der Waals surface area (Å²) >= 11 is 10.9. The molecule has 0 atom stereocenters. The average molecular weight is 564 g/mol. The van der Waals surface area contributed by atoms with E-state index in [2.05, 4.69) is 13.8 Å². The van der Waals surface area contributed by atoms with Crippen LogP contribution in [-0.4, -0.2) is 21.9 Å². The fraction of sp³-hybridized carbons (Fsp3) is 0.429. The van der Waals surface area contributed by atoms with Crippen LogP contribution in [0.15, 0.2) is 34.1 Å². The zero-order valence-corrected chi connectivity index (χ0v) is 23.1. The van der Waals surface area contributed by atoms with Crippen molar-refractivity contribution in [2.45, 2.75) is 69.1 Å². The molecule has 0 aromatic heterocycles. The van der Waals surface area contributed by atoms with Gasteiger partial charge in [0, 0.05) is 21.4 Å². The van der Waals surface area contributed by atoms with Crippen molar-refractivity contribution < 1.29 is 21.9 Å². The molecule has 11 heteroatoms. The molecule has 0 spiro atoms. The van der Waals surface area contributed by atoms with Gasteiger partial charge < -0.3 is 5.11 Å². The Morgan fingerprint density at radius 2 is 1.06 bits per heavy atom. The fourth-order valence-corrected chi connectivity index (χ4v) is 5.94. The summed E-state index contributed by atoms with van der Waals surface area (Å²) in [6.45, 7) is 12.2. The highest BCUT2D eigenvalue weighted by molar-refractivity contribution is 8.14. The van der Waals surface area contributed by atoms with Gasteiger partial charge in [0.05, 0.1) is 19.8 Å². The molecule has 5 nitrogen and oxygen atoms in total. The maximum Gasteiger partial charge on any atom is 0.261 e. The Balaban J connectivity index is 0.000000343. The second kappa shape index (κ2) is 11.2. The highest BCUT2D eigenvalue weighted by Gasteiger charge is 2.25. The molecule has 0 fully saturated rings. The van der Waals surface area contributed by atoms with E-state index in [0.29, 0.717) is 10.8 Å². The van der Waals surface area contributed by atoms with E-state index >= 15 is 0 Å². The number of hydrogen-bond donors (Lipinski definition) is 1. The minimum Gasteiger partial charge on any atom is -0.505 e. The van der Waals surface area contributed by atoms with Gasteiger partial charge in [0.25, 0.3) is 18.1 Å². The van der Waals surface area contributed by atoms with E-state index < -0.39 is 18.1 Å². The Morgan fingerprint density at radius 3 is 1.31 bits per heavy atom. The van der Waals surface area contributed by atoms with Crippen LogP contribution >= 0.6 is 44.6 Å². The SMILES string of the molecule is CC(C)c1cc(C(C)C)c(S(=O)(=O)Cl)c(C(C)C)c1.O=S(=O)(Cl)c1cc(Cl)c(O)c(Cl)c1. The van der Waals surface area contributed by atoms with Gasteiger partial charge in [-0.05, 0) is 46.6 Å². The van der Waals surface area contributed by atoms with E-state index in [0.717, 1.165) is 28.8 Å². The lowest BCUT2D eigenvalue weighted by atomic mass is 9.89. The Labute approximate surface area is 209 Å². The lowest BCUT2D eigenvalue weighted by Crippen LogP contribution is -2.08. The summed E-state index contributed by atoms with van der Waals surface area (Å²) in [6, 6.07) is 6.00. The first-order valence-corrected chi connectivity index (χ1v) is 15.0. The maximum absolute atomic E-state index is 11.9. The van der Waals surface area contributed by atoms with Crippen LogP contribution in [0, 0.1) is 0 Å². The van der Waals surface area contributed by atoms with Crippen molar-refractivity contribution >= 4 is 62.7 Å². The third-order valence-corrected chi connectivity index (χ3v) is 7.93. The number of phenols is 1. The first-order valence-electron chi connectivity index (χ1n) is 9.62. The van der Waals surface area contributed by atoms with Crippen molar-refractivity contribution in [3.8, 4) is 5.75 Å². The molecule has 0 unspecified atom stereocenters. The summed E-state index contributed by atoms with van der Waals surface area (Å²) < 4.78 is 45.5. The number of benzene rings is 2. The van der Waals surface area contributed by atoms with Crippen LogP contribution in [0.4, 0.5) is 0 Å². The summed E-state index contributed by atoms with van der Waals surface area (Å²) in [5.74, 6) is 0.244. The zero-order valence-electron chi connectivity index (χ0n) is 18.5. The molecule has 0 bridgehead atoms. The Morgan fingerprint density at radius 1 is 0.688 bits per heavy atom. The molecule has 0 saturated carbocycles. The first-order chi connectivity index (χ1) is 14.4. The van der Waals surface area contributed by atoms with Gasteiger partial charge in [-0.15, -0.1) is 0 Å². The van der Waals surface area contributed by atoms with Gasteiger partial charge in [0.15, 0.2) is 5.75 Å². The lowest BCUT2D eigenvalue weighted by Gasteiger charge is -2.20. The quantitative estimate of drug-likeness (QED) is 0.378. The van der Waals surface area contributed by atoms with Crippen LogP contribution in [0.25, 0.3) is 0 Å². The first kappa shape index (κ1) is 29.3. The van der Waals surface area contributed by atoms with E-state index in [1.54, 1.807) is 0 Å². The predicted molar refractivity (Wildman–Crippen MR) is 133 cm³/mol. The molecule has 0 amide bonds. The minimum absolute atomic E-state index is 0.125. The van der Waals surface area contributed by atoms with Crippen LogP contribution in [-0.2, 0) is 18.1 Å². The molecule has 2 rings (SSSR count). The number of hydrogen-bond acceptors (Lipinski definition) is 5. The molecule has 0 heterocycles. The molecular weight excluding hydrogens is 538 g/mol.